The maximum atomic E-state index is 6.22. The molecule has 2 aromatic rings. The Kier molecular flexibility index (Phi) is 2.48. The summed E-state index contributed by atoms with van der Waals surface area (Å²) >= 11 is 6.22. The van der Waals surface area contributed by atoms with E-state index in [9.17, 15) is 0 Å². The van der Waals surface area contributed by atoms with Crippen LogP contribution >= 0.6 is 11.6 Å². The average Bonchev–Trinajstić information content (AvgIpc) is 2.62. The molecule has 0 aromatic heterocycles. The van der Waals surface area contributed by atoms with Gasteiger partial charge in [0, 0.05) is 17.5 Å². The Bertz CT molecular complexity index is 649. The summed E-state index contributed by atoms with van der Waals surface area (Å²) in [6, 6.07) is 15.6. The lowest BCUT2D eigenvalue weighted by Crippen LogP contribution is -2.33. The summed E-state index contributed by atoms with van der Waals surface area (Å²) < 4.78 is 0. The molecule has 3 aliphatic rings. The molecule has 2 bridgehead atoms. The first-order valence-corrected chi connectivity index (χ1v) is 7.19. The molecule has 0 radical (unpaired) electrons. The Morgan fingerprint density at radius 1 is 1.05 bits per heavy atom. The molecule has 2 aromatic carbocycles. The monoisotopic (exact) mass is 269 g/mol. The number of hydrogen-bond donors (Lipinski definition) is 0. The number of fused-ring (bicyclic) bond motifs is 1. The molecule has 19 heavy (non-hydrogen) atoms. The van der Waals surface area contributed by atoms with Crippen molar-refractivity contribution in [2.45, 2.75) is 18.4 Å². The second kappa shape index (κ2) is 4.09. The van der Waals surface area contributed by atoms with Crippen molar-refractivity contribution in [1.29, 1.82) is 0 Å². The Morgan fingerprint density at radius 3 is 2.68 bits per heavy atom. The van der Waals surface area contributed by atoms with E-state index in [-0.39, 0.29) is 0 Å². The van der Waals surface area contributed by atoms with Gasteiger partial charge < -0.3 is 0 Å². The third kappa shape index (κ3) is 1.65. The van der Waals surface area contributed by atoms with Crippen LogP contribution in [0.3, 0.4) is 0 Å². The average molecular weight is 270 g/mol. The van der Waals surface area contributed by atoms with Gasteiger partial charge in [0.1, 0.15) is 0 Å². The molecule has 2 atom stereocenters. The van der Waals surface area contributed by atoms with Crippen LogP contribution in [-0.4, -0.2) is 18.5 Å². The third-order valence-corrected chi connectivity index (χ3v) is 4.78. The van der Waals surface area contributed by atoms with Crippen molar-refractivity contribution >= 4 is 11.6 Å². The van der Waals surface area contributed by atoms with E-state index in [1.54, 1.807) is 0 Å². The standard InChI is InChI=1S/C17H16ClN/c1-19-10-12-8-11-6-7-13(18)9-16(11)17(19)15-5-3-2-4-14(12)15/h2-7,9,12,17H,8,10H2,1H3/t12?,17-/m1/s1. The molecule has 2 aliphatic heterocycles. The minimum Gasteiger partial charge on any atom is -0.295 e. The predicted molar refractivity (Wildman–Crippen MR) is 78.8 cm³/mol. The molecule has 0 saturated heterocycles. The molecule has 0 N–H and O–H groups in total. The second-order valence-electron chi connectivity index (χ2n) is 5.72. The SMILES string of the molecule is CN1CC2Cc3ccc(Cl)cc3[C@H]1c1ccccc12. The second-order valence-corrected chi connectivity index (χ2v) is 6.15. The van der Waals surface area contributed by atoms with Gasteiger partial charge in [-0.15, -0.1) is 0 Å². The predicted octanol–water partition coefficient (Wildman–Crippen LogP) is 4.01. The normalized spacial score (nSPS) is 24.7. The largest absolute Gasteiger partial charge is 0.295 e. The summed E-state index contributed by atoms with van der Waals surface area (Å²) in [6.45, 7) is 1.13. The summed E-state index contributed by atoms with van der Waals surface area (Å²) in [5, 5.41) is 0.843. The van der Waals surface area contributed by atoms with Crippen molar-refractivity contribution in [2.24, 2.45) is 0 Å². The Hall–Kier alpha value is -1.31. The maximum Gasteiger partial charge on any atom is 0.0605 e. The first-order chi connectivity index (χ1) is 9.24. The van der Waals surface area contributed by atoms with E-state index in [0.29, 0.717) is 12.0 Å². The summed E-state index contributed by atoms with van der Waals surface area (Å²) in [5.74, 6) is 0.611. The third-order valence-electron chi connectivity index (χ3n) is 4.55. The van der Waals surface area contributed by atoms with Crippen LogP contribution < -0.4 is 0 Å². The molecule has 1 aliphatic carbocycles. The number of nitrogens with zero attached hydrogens (tertiary/aromatic N) is 1. The van der Waals surface area contributed by atoms with E-state index >= 15 is 0 Å². The van der Waals surface area contributed by atoms with Crippen LogP contribution in [-0.2, 0) is 6.42 Å². The highest BCUT2D eigenvalue weighted by Crippen LogP contribution is 2.45. The zero-order valence-corrected chi connectivity index (χ0v) is 11.7. The zero-order valence-electron chi connectivity index (χ0n) is 10.9. The Labute approximate surface area is 118 Å². The van der Waals surface area contributed by atoms with Gasteiger partial charge in [-0.2, -0.15) is 0 Å². The van der Waals surface area contributed by atoms with Crippen molar-refractivity contribution < 1.29 is 0 Å². The molecule has 1 nitrogen and oxygen atoms in total. The van der Waals surface area contributed by atoms with Gasteiger partial charge in [0.2, 0.25) is 0 Å². The summed E-state index contributed by atoms with van der Waals surface area (Å²) in [4.78, 5) is 2.47. The van der Waals surface area contributed by atoms with Gasteiger partial charge in [0.05, 0.1) is 6.04 Å². The van der Waals surface area contributed by atoms with E-state index in [1.165, 1.54) is 22.3 Å². The number of rotatable bonds is 0. The van der Waals surface area contributed by atoms with E-state index in [0.717, 1.165) is 18.0 Å². The van der Waals surface area contributed by atoms with Gasteiger partial charge in [0.25, 0.3) is 0 Å². The highest BCUT2D eigenvalue weighted by molar-refractivity contribution is 6.30. The fourth-order valence-corrected chi connectivity index (χ4v) is 3.95. The minimum atomic E-state index is 0.364. The fourth-order valence-electron chi connectivity index (χ4n) is 3.77. The van der Waals surface area contributed by atoms with Crippen molar-refractivity contribution in [2.75, 3.05) is 13.6 Å². The van der Waals surface area contributed by atoms with Crippen LogP contribution in [0.1, 0.15) is 34.2 Å². The summed E-state index contributed by atoms with van der Waals surface area (Å²) in [5.41, 5.74) is 5.84. The van der Waals surface area contributed by atoms with Crippen molar-refractivity contribution in [3.05, 3.63) is 69.7 Å². The lowest BCUT2D eigenvalue weighted by atomic mass is 9.86. The molecule has 5 rings (SSSR count). The van der Waals surface area contributed by atoms with Gasteiger partial charge in [0.15, 0.2) is 0 Å². The molecule has 1 unspecified atom stereocenters. The first kappa shape index (κ1) is 11.5. The van der Waals surface area contributed by atoms with E-state index in [2.05, 4.69) is 48.3 Å². The quantitative estimate of drug-likeness (QED) is 0.698. The topological polar surface area (TPSA) is 3.24 Å². The van der Waals surface area contributed by atoms with E-state index in [4.69, 9.17) is 11.6 Å². The number of benzene rings is 2. The first-order valence-electron chi connectivity index (χ1n) is 6.81. The smallest absolute Gasteiger partial charge is 0.0605 e. The highest BCUT2D eigenvalue weighted by Gasteiger charge is 2.36. The lowest BCUT2D eigenvalue weighted by Gasteiger charge is -2.36. The number of halogens is 1. The molecule has 0 amide bonds. The van der Waals surface area contributed by atoms with Crippen LogP contribution in [0.2, 0.25) is 5.02 Å². The van der Waals surface area contributed by atoms with Crippen LogP contribution in [0.15, 0.2) is 42.5 Å². The van der Waals surface area contributed by atoms with E-state index < -0.39 is 0 Å². The number of hydrogen-bond acceptors (Lipinski definition) is 1. The fraction of sp³-hybridized carbons (Fsp3) is 0.294. The van der Waals surface area contributed by atoms with Gasteiger partial charge in [-0.05, 0) is 47.9 Å². The molecular weight excluding hydrogens is 254 g/mol. The molecule has 2 heteroatoms. The van der Waals surface area contributed by atoms with Gasteiger partial charge >= 0.3 is 0 Å². The molecule has 0 saturated carbocycles. The molecule has 0 spiro atoms. The number of likely N-dealkylation sites (N-methyl/N-ethyl adjacent to an activating group) is 1. The lowest BCUT2D eigenvalue weighted by molar-refractivity contribution is 0.249. The van der Waals surface area contributed by atoms with Crippen LogP contribution in [0, 0.1) is 0 Å². The van der Waals surface area contributed by atoms with Crippen LogP contribution in [0.4, 0.5) is 0 Å². The van der Waals surface area contributed by atoms with Crippen molar-refractivity contribution in [3.63, 3.8) is 0 Å². The van der Waals surface area contributed by atoms with E-state index in [1.807, 2.05) is 6.07 Å². The Morgan fingerprint density at radius 2 is 1.84 bits per heavy atom. The minimum absolute atomic E-state index is 0.364. The van der Waals surface area contributed by atoms with Gasteiger partial charge in [-0.25, -0.2) is 0 Å². The molecule has 96 valence electrons. The maximum absolute atomic E-state index is 6.22. The van der Waals surface area contributed by atoms with Crippen LogP contribution in [0.25, 0.3) is 0 Å². The molecule has 0 fully saturated rings. The van der Waals surface area contributed by atoms with Crippen LogP contribution in [0.5, 0.6) is 0 Å². The Balaban J connectivity index is 2.01. The molecule has 2 heterocycles. The van der Waals surface area contributed by atoms with Crippen molar-refractivity contribution in [3.8, 4) is 0 Å². The zero-order chi connectivity index (χ0) is 13.0. The molecular formula is C17H16ClN. The van der Waals surface area contributed by atoms with Crippen molar-refractivity contribution in [1.82, 2.24) is 4.90 Å². The van der Waals surface area contributed by atoms with Gasteiger partial charge in [-0.3, -0.25) is 4.90 Å². The van der Waals surface area contributed by atoms with Gasteiger partial charge in [-0.1, -0.05) is 41.9 Å². The summed E-state index contributed by atoms with van der Waals surface area (Å²) in [6.07, 6.45) is 1.13. The highest BCUT2D eigenvalue weighted by atomic mass is 35.5. The summed E-state index contributed by atoms with van der Waals surface area (Å²) in [7, 11) is 2.23.